The van der Waals surface area contributed by atoms with E-state index in [-0.39, 0.29) is 23.7 Å². The number of nitrogens with one attached hydrogen (secondary N) is 1. The van der Waals surface area contributed by atoms with Crippen LogP contribution < -0.4 is 5.32 Å². The van der Waals surface area contributed by atoms with Crippen LogP contribution in [0.15, 0.2) is 48.5 Å². The van der Waals surface area contributed by atoms with Gasteiger partial charge in [0, 0.05) is 24.7 Å². The van der Waals surface area contributed by atoms with Crippen molar-refractivity contribution in [1.29, 1.82) is 0 Å². The Morgan fingerprint density at radius 2 is 2.00 bits per heavy atom. The zero-order chi connectivity index (χ0) is 23.8. The van der Waals surface area contributed by atoms with Gasteiger partial charge in [0.15, 0.2) is 5.69 Å². The number of carbonyl (C=O) groups excluding carboxylic acids is 2. The lowest BCUT2D eigenvalue weighted by molar-refractivity contribution is 0.0731. The molecule has 0 unspecified atom stereocenters. The van der Waals surface area contributed by atoms with E-state index in [9.17, 15) is 14.0 Å². The van der Waals surface area contributed by atoms with E-state index in [1.807, 2.05) is 31.2 Å². The van der Waals surface area contributed by atoms with Crippen LogP contribution in [0.5, 0.6) is 0 Å². The van der Waals surface area contributed by atoms with Gasteiger partial charge < -0.3 is 10.2 Å². The van der Waals surface area contributed by atoms with E-state index < -0.39 is 0 Å². The summed E-state index contributed by atoms with van der Waals surface area (Å²) in [5, 5.41) is 8.85. The van der Waals surface area contributed by atoms with Gasteiger partial charge in [-0.3, -0.25) is 14.3 Å². The van der Waals surface area contributed by atoms with Crippen molar-refractivity contribution in [1.82, 2.24) is 25.0 Å². The van der Waals surface area contributed by atoms with Crippen LogP contribution in [0.3, 0.4) is 0 Å². The molecular weight excluding hydrogens is 473 g/mol. The number of aryl methyl sites for hydroxylation is 2. The maximum Gasteiger partial charge on any atom is 0.275 e. The summed E-state index contributed by atoms with van der Waals surface area (Å²) in [7, 11) is 1.80. The summed E-state index contributed by atoms with van der Waals surface area (Å²) >= 11 is 3.00. The number of halogens is 1. The fraction of sp³-hybridized carbons (Fsp3) is 0.250. The second-order valence-corrected chi connectivity index (χ2v) is 10.3. The van der Waals surface area contributed by atoms with E-state index in [2.05, 4.69) is 15.4 Å². The fourth-order valence-electron chi connectivity index (χ4n) is 4.09. The van der Waals surface area contributed by atoms with Crippen LogP contribution in [0.4, 0.5) is 4.39 Å². The van der Waals surface area contributed by atoms with Crippen molar-refractivity contribution >= 4 is 45.8 Å². The molecule has 0 aliphatic carbocycles. The molecule has 1 atom stereocenters. The number of para-hydroxylation sites is 1. The number of rotatable bonds is 5. The summed E-state index contributed by atoms with van der Waals surface area (Å²) in [6.45, 7) is 2.14. The smallest absolute Gasteiger partial charge is 0.275 e. The number of hydrogen-bond donors (Lipinski definition) is 1. The van der Waals surface area contributed by atoms with Gasteiger partial charge in [0.1, 0.15) is 11.5 Å². The lowest BCUT2D eigenvalue weighted by Crippen LogP contribution is -2.44. The fourth-order valence-corrected chi connectivity index (χ4v) is 6.19. The number of benzene rings is 2. The second-order valence-electron chi connectivity index (χ2n) is 8.05. The molecule has 2 amide bonds. The Morgan fingerprint density at radius 1 is 1.18 bits per heavy atom. The highest BCUT2D eigenvalue weighted by Gasteiger charge is 2.33. The molecule has 0 radical (unpaired) electrons. The van der Waals surface area contributed by atoms with Crippen molar-refractivity contribution in [2.24, 2.45) is 7.05 Å². The van der Waals surface area contributed by atoms with Crippen LogP contribution in [0, 0.1) is 12.7 Å². The molecule has 2 aromatic heterocycles. The molecule has 1 saturated heterocycles. The third kappa shape index (κ3) is 4.19. The van der Waals surface area contributed by atoms with E-state index in [1.165, 1.54) is 23.5 Å². The van der Waals surface area contributed by atoms with Crippen molar-refractivity contribution in [3.8, 4) is 10.4 Å². The third-order valence-corrected chi connectivity index (χ3v) is 7.84. The predicted molar refractivity (Wildman–Crippen MR) is 133 cm³/mol. The van der Waals surface area contributed by atoms with Gasteiger partial charge in [-0.1, -0.05) is 30.3 Å². The number of thiazole rings is 1. The molecule has 0 saturated carbocycles. The quantitative estimate of drug-likeness (QED) is 0.451. The van der Waals surface area contributed by atoms with Gasteiger partial charge in [-0.2, -0.15) is 5.10 Å². The van der Waals surface area contributed by atoms with Crippen LogP contribution in [0.1, 0.15) is 26.0 Å². The molecule has 5 rings (SSSR count). The highest BCUT2D eigenvalue weighted by molar-refractivity contribution is 7.99. The Hall–Kier alpha value is -3.24. The summed E-state index contributed by atoms with van der Waals surface area (Å²) in [6, 6.07) is 13.6. The normalized spacial score (nSPS) is 15.7. The minimum Gasteiger partial charge on any atom is -0.349 e. The number of carbonyl (C=O) groups is 2. The summed E-state index contributed by atoms with van der Waals surface area (Å²) in [5.74, 6) is 0.363. The lowest BCUT2D eigenvalue weighted by Gasteiger charge is -2.23. The van der Waals surface area contributed by atoms with Gasteiger partial charge in [-0.05, 0) is 30.7 Å². The zero-order valence-corrected chi connectivity index (χ0v) is 20.3. The molecule has 4 aromatic rings. The highest BCUT2D eigenvalue weighted by Crippen LogP contribution is 2.33. The van der Waals surface area contributed by atoms with Crippen molar-refractivity contribution in [2.45, 2.75) is 13.0 Å². The first kappa shape index (κ1) is 22.5. The maximum atomic E-state index is 13.8. The summed E-state index contributed by atoms with van der Waals surface area (Å²) in [4.78, 5) is 33.2. The van der Waals surface area contributed by atoms with Gasteiger partial charge in [-0.15, -0.1) is 23.1 Å². The number of amides is 2. The molecule has 1 aliphatic rings. The number of hydrogen-bond acceptors (Lipinski definition) is 6. The SMILES string of the molecule is Cc1nc(C(=O)N2CSC[C@H]2CNC(=O)c2nn(C)c3ccccc23)c(-c2cccc(F)c2)s1. The Labute approximate surface area is 204 Å². The van der Waals surface area contributed by atoms with Gasteiger partial charge in [0.05, 0.1) is 27.3 Å². The number of fused-ring (bicyclic) bond motifs is 1. The molecule has 1 N–H and O–H groups in total. The molecule has 0 bridgehead atoms. The largest absolute Gasteiger partial charge is 0.349 e. The molecule has 1 fully saturated rings. The third-order valence-electron chi connectivity index (χ3n) is 5.74. The monoisotopic (exact) mass is 495 g/mol. The summed E-state index contributed by atoms with van der Waals surface area (Å²) < 4.78 is 15.5. The van der Waals surface area contributed by atoms with Crippen LogP contribution in [0.2, 0.25) is 0 Å². The van der Waals surface area contributed by atoms with Crippen molar-refractivity contribution in [3.63, 3.8) is 0 Å². The van der Waals surface area contributed by atoms with Crippen molar-refractivity contribution < 1.29 is 14.0 Å². The number of aromatic nitrogens is 3. The molecule has 1 aliphatic heterocycles. The second kappa shape index (κ2) is 9.19. The lowest BCUT2D eigenvalue weighted by atomic mass is 10.1. The predicted octanol–water partition coefficient (Wildman–Crippen LogP) is 4.09. The average Bonchev–Trinajstić information content (AvgIpc) is 3.54. The molecule has 34 heavy (non-hydrogen) atoms. The Balaban J connectivity index is 1.34. The standard InChI is InChI=1S/C24H22FN5O2S2/c1-14-27-21(22(34-14)15-6-5-7-16(25)10-15)24(32)30-13-33-12-17(30)11-26-23(31)20-18-8-3-4-9-19(18)29(2)28-20/h3-10,17H,11-13H2,1-2H3,(H,26,31)/t17-/m1/s1. The Kier molecular flexibility index (Phi) is 6.09. The molecule has 3 heterocycles. The van der Waals surface area contributed by atoms with Crippen LogP contribution >= 0.6 is 23.1 Å². The van der Waals surface area contributed by atoms with Crippen LogP contribution in [-0.2, 0) is 7.05 Å². The minimum absolute atomic E-state index is 0.182. The van der Waals surface area contributed by atoms with E-state index in [1.54, 1.807) is 40.5 Å². The summed E-state index contributed by atoms with van der Waals surface area (Å²) in [5.41, 5.74) is 2.20. The Bertz CT molecular complexity index is 1400. The number of thioether (sulfide) groups is 1. The van der Waals surface area contributed by atoms with E-state index in [0.717, 1.165) is 15.9 Å². The van der Waals surface area contributed by atoms with Crippen molar-refractivity contribution in [3.05, 3.63) is 70.7 Å². The molecule has 10 heteroatoms. The van der Waals surface area contributed by atoms with Crippen molar-refractivity contribution in [2.75, 3.05) is 18.2 Å². The van der Waals surface area contributed by atoms with Gasteiger partial charge in [0.25, 0.3) is 11.8 Å². The first-order valence-electron chi connectivity index (χ1n) is 10.7. The summed E-state index contributed by atoms with van der Waals surface area (Å²) in [6.07, 6.45) is 0. The first-order chi connectivity index (χ1) is 16.4. The van der Waals surface area contributed by atoms with E-state index in [0.29, 0.717) is 40.0 Å². The Morgan fingerprint density at radius 3 is 2.82 bits per heavy atom. The molecule has 2 aromatic carbocycles. The van der Waals surface area contributed by atoms with Crippen LogP contribution in [0.25, 0.3) is 21.3 Å². The van der Waals surface area contributed by atoms with Gasteiger partial charge in [-0.25, -0.2) is 9.37 Å². The number of nitrogens with zero attached hydrogens (tertiary/aromatic N) is 4. The zero-order valence-electron chi connectivity index (χ0n) is 18.6. The first-order valence-corrected chi connectivity index (χ1v) is 12.7. The minimum atomic E-state index is -0.360. The van der Waals surface area contributed by atoms with Crippen LogP contribution in [-0.4, -0.2) is 55.7 Å². The highest BCUT2D eigenvalue weighted by atomic mass is 32.2. The topological polar surface area (TPSA) is 80.1 Å². The molecule has 7 nitrogen and oxygen atoms in total. The molecule has 174 valence electrons. The molecule has 0 spiro atoms. The maximum absolute atomic E-state index is 13.8. The van der Waals surface area contributed by atoms with E-state index >= 15 is 0 Å². The van der Waals surface area contributed by atoms with E-state index in [4.69, 9.17) is 0 Å². The van der Waals surface area contributed by atoms with Gasteiger partial charge >= 0.3 is 0 Å². The van der Waals surface area contributed by atoms with Gasteiger partial charge in [0.2, 0.25) is 0 Å². The molecular formula is C24H22FN5O2S2. The average molecular weight is 496 g/mol.